The summed E-state index contributed by atoms with van der Waals surface area (Å²) in [4.78, 5) is 14.4. The number of fused-ring (bicyclic) bond motifs is 1. The molecule has 1 amide bonds. The van der Waals surface area contributed by atoms with Gasteiger partial charge in [0, 0.05) is 32.0 Å². The molecule has 110 valence electrons. The highest BCUT2D eigenvalue weighted by Gasteiger charge is 2.14. The molecule has 0 bridgehead atoms. The molecule has 0 spiro atoms. The van der Waals surface area contributed by atoms with Crippen LogP contribution in [0.4, 0.5) is 5.69 Å². The van der Waals surface area contributed by atoms with Crippen LogP contribution >= 0.6 is 0 Å². The van der Waals surface area contributed by atoms with Gasteiger partial charge in [0.25, 0.3) is 0 Å². The van der Waals surface area contributed by atoms with Gasteiger partial charge in [-0.05, 0) is 42.3 Å². The van der Waals surface area contributed by atoms with E-state index in [9.17, 15) is 4.79 Å². The van der Waals surface area contributed by atoms with Gasteiger partial charge in [0.15, 0.2) is 0 Å². The van der Waals surface area contributed by atoms with Gasteiger partial charge < -0.3 is 10.2 Å². The van der Waals surface area contributed by atoms with E-state index in [4.69, 9.17) is 0 Å². The van der Waals surface area contributed by atoms with Crippen molar-refractivity contribution in [2.75, 3.05) is 18.9 Å². The van der Waals surface area contributed by atoms with Gasteiger partial charge >= 0.3 is 0 Å². The molecule has 0 atom stereocenters. The van der Waals surface area contributed by atoms with Crippen LogP contribution in [0.5, 0.6) is 0 Å². The molecule has 2 aromatic rings. The van der Waals surface area contributed by atoms with Gasteiger partial charge in [-0.1, -0.05) is 6.07 Å². The molecule has 0 fully saturated rings. The van der Waals surface area contributed by atoms with E-state index >= 15 is 0 Å². The largest absolute Gasteiger partial charge is 0.326 e. The molecule has 0 aliphatic carbocycles. The third-order valence-electron chi connectivity index (χ3n) is 3.82. The van der Waals surface area contributed by atoms with Gasteiger partial charge in [0.1, 0.15) is 0 Å². The van der Waals surface area contributed by atoms with Gasteiger partial charge in [-0.25, -0.2) is 0 Å². The average Bonchev–Trinajstić information content (AvgIpc) is 2.83. The molecule has 0 saturated heterocycles. The Morgan fingerprint density at radius 2 is 2.19 bits per heavy atom. The van der Waals surface area contributed by atoms with Gasteiger partial charge in [-0.15, -0.1) is 0 Å². The number of carbonyl (C=O) groups is 1. The zero-order chi connectivity index (χ0) is 14.8. The number of carbonyl (C=O) groups excluding carboxylic acids is 1. The average molecular weight is 284 g/mol. The van der Waals surface area contributed by atoms with Crippen LogP contribution in [0.3, 0.4) is 0 Å². The molecule has 1 aromatic carbocycles. The number of anilines is 1. The molecular weight excluding hydrogens is 264 g/mol. The number of nitrogens with zero attached hydrogens (tertiary/aromatic N) is 3. The van der Waals surface area contributed by atoms with Crippen LogP contribution in [0.15, 0.2) is 30.6 Å². The van der Waals surface area contributed by atoms with E-state index in [2.05, 4.69) is 34.5 Å². The third kappa shape index (κ3) is 3.31. The number of hydrogen-bond acceptors (Lipinski definition) is 3. The van der Waals surface area contributed by atoms with Crippen LogP contribution in [0.2, 0.25) is 0 Å². The molecule has 1 N–H and O–H groups in total. The quantitative estimate of drug-likeness (QED) is 0.931. The minimum absolute atomic E-state index is 0.00730. The van der Waals surface area contributed by atoms with Crippen molar-refractivity contribution in [1.29, 1.82) is 0 Å². The van der Waals surface area contributed by atoms with E-state index in [1.807, 2.05) is 19.3 Å². The second kappa shape index (κ2) is 5.69. The van der Waals surface area contributed by atoms with Crippen molar-refractivity contribution in [3.05, 3.63) is 47.3 Å². The van der Waals surface area contributed by atoms with E-state index in [-0.39, 0.29) is 5.91 Å². The van der Waals surface area contributed by atoms with Crippen LogP contribution < -0.4 is 5.32 Å². The van der Waals surface area contributed by atoms with Gasteiger partial charge in [-0.3, -0.25) is 9.48 Å². The predicted molar refractivity (Wildman–Crippen MR) is 82.0 cm³/mol. The summed E-state index contributed by atoms with van der Waals surface area (Å²) < 4.78 is 1.71. The van der Waals surface area contributed by atoms with E-state index in [0.29, 0.717) is 6.42 Å². The molecular formula is C16H20N4O. The second-order valence-corrected chi connectivity index (χ2v) is 5.72. The maximum atomic E-state index is 12.1. The minimum Gasteiger partial charge on any atom is -0.326 e. The Hall–Kier alpha value is -2.14. The number of aromatic nitrogens is 2. The second-order valence-electron chi connectivity index (χ2n) is 5.72. The number of hydrogen-bond donors (Lipinski definition) is 1. The van der Waals surface area contributed by atoms with E-state index < -0.39 is 0 Å². The summed E-state index contributed by atoms with van der Waals surface area (Å²) in [7, 11) is 3.97. The fraction of sp³-hybridized carbons (Fsp3) is 0.375. The minimum atomic E-state index is -0.00730. The lowest BCUT2D eigenvalue weighted by atomic mass is 9.99. The van der Waals surface area contributed by atoms with Gasteiger partial charge in [0.05, 0.1) is 12.6 Å². The number of aryl methyl sites for hydroxylation is 1. The molecule has 3 rings (SSSR count). The van der Waals surface area contributed by atoms with Crippen molar-refractivity contribution in [1.82, 2.24) is 14.7 Å². The van der Waals surface area contributed by atoms with Crippen LogP contribution in [0.25, 0.3) is 0 Å². The maximum absolute atomic E-state index is 12.1. The smallest absolute Gasteiger partial charge is 0.228 e. The first-order chi connectivity index (χ1) is 10.1. The molecule has 21 heavy (non-hydrogen) atoms. The monoisotopic (exact) mass is 284 g/mol. The zero-order valence-corrected chi connectivity index (χ0v) is 12.5. The molecule has 0 unspecified atom stereocenters. The fourth-order valence-corrected chi connectivity index (χ4v) is 2.73. The number of amides is 1. The zero-order valence-electron chi connectivity index (χ0n) is 12.5. The maximum Gasteiger partial charge on any atom is 0.228 e. The molecule has 5 nitrogen and oxygen atoms in total. The highest BCUT2D eigenvalue weighted by Crippen LogP contribution is 2.22. The summed E-state index contributed by atoms with van der Waals surface area (Å²) in [6, 6.07) is 6.21. The summed E-state index contributed by atoms with van der Waals surface area (Å²) in [6.07, 6.45) is 5.02. The van der Waals surface area contributed by atoms with Crippen molar-refractivity contribution in [3.8, 4) is 0 Å². The first kappa shape index (κ1) is 13.8. The fourth-order valence-electron chi connectivity index (χ4n) is 2.73. The van der Waals surface area contributed by atoms with Crippen molar-refractivity contribution in [2.24, 2.45) is 7.05 Å². The molecule has 1 aliphatic rings. The summed E-state index contributed by atoms with van der Waals surface area (Å²) in [5.74, 6) is -0.00730. The van der Waals surface area contributed by atoms with Crippen LogP contribution in [0.1, 0.15) is 16.7 Å². The highest BCUT2D eigenvalue weighted by molar-refractivity contribution is 5.92. The molecule has 0 saturated carbocycles. The van der Waals surface area contributed by atoms with Crippen LogP contribution in [0, 0.1) is 0 Å². The Morgan fingerprint density at radius 1 is 1.33 bits per heavy atom. The SMILES string of the molecule is CN1CCc2ccc(NC(=O)Cc3cnn(C)c3)cc2C1. The van der Waals surface area contributed by atoms with E-state index in [0.717, 1.165) is 30.8 Å². The highest BCUT2D eigenvalue weighted by atomic mass is 16.1. The standard InChI is InChI=1S/C16H20N4O/c1-19-6-5-13-3-4-15(8-14(13)11-19)18-16(21)7-12-9-17-20(2)10-12/h3-4,8-10H,5-7,11H2,1-2H3,(H,18,21). The normalized spacial score (nSPS) is 14.8. The lowest BCUT2D eigenvalue weighted by Crippen LogP contribution is -2.26. The number of nitrogens with one attached hydrogen (secondary N) is 1. The topological polar surface area (TPSA) is 50.2 Å². The van der Waals surface area contributed by atoms with Gasteiger partial charge in [-0.2, -0.15) is 5.10 Å². The first-order valence-corrected chi connectivity index (χ1v) is 7.18. The number of likely N-dealkylation sites (N-methyl/N-ethyl adjacent to an activating group) is 1. The Morgan fingerprint density at radius 3 is 2.95 bits per heavy atom. The van der Waals surface area contributed by atoms with Crippen molar-refractivity contribution < 1.29 is 4.79 Å². The Bertz CT molecular complexity index is 662. The molecule has 1 aliphatic heterocycles. The van der Waals surface area contributed by atoms with E-state index in [1.54, 1.807) is 10.9 Å². The molecule has 0 radical (unpaired) electrons. The third-order valence-corrected chi connectivity index (χ3v) is 3.82. The van der Waals surface area contributed by atoms with Gasteiger partial charge in [0.2, 0.25) is 5.91 Å². The predicted octanol–water partition coefficient (Wildman–Crippen LogP) is 1.59. The Kier molecular flexibility index (Phi) is 3.75. The van der Waals surface area contributed by atoms with E-state index in [1.165, 1.54) is 11.1 Å². The van der Waals surface area contributed by atoms with Crippen molar-refractivity contribution in [3.63, 3.8) is 0 Å². The Labute approximate surface area is 124 Å². The molecule has 2 heterocycles. The van der Waals surface area contributed by atoms with Crippen LogP contribution in [-0.4, -0.2) is 34.2 Å². The lowest BCUT2D eigenvalue weighted by Gasteiger charge is -2.25. The summed E-state index contributed by atoms with van der Waals surface area (Å²) in [6.45, 7) is 2.04. The van der Waals surface area contributed by atoms with Crippen LogP contribution in [-0.2, 0) is 31.2 Å². The first-order valence-electron chi connectivity index (χ1n) is 7.18. The summed E-state index contributed by atoms with van der Waals surface area (Å²) >= 11 is 0. The summed E-state index contributed by atoms with van der Waals surface area (Å²) in [5.41, 5.74) is 4.49. The number of rotatable bonds is 3. The van der Waals surface area contributed by atoms with Crippen molar-refractivity contribution in [2.45, 2.75) is 19.4 Å². The molecule has 1 aromatic heterocycles. The lowest BCUT2D eigenvalue weighted by molar-refractivity contribution is -0.115. The molecule has 5 heteroatoms. The number of benzene rings is 1. The Balaban J connectivity index is 1.67. The van der Waals surface area contributed by atoms with Crippen molar-refractivity contribution >= 4 is 11.6 Å². The summed E-state index contributed by atoms with van der Waals surface area (Å²) in [5, 5.41) is 7.04.